The van der Waals surface area contributed by atoms with Crippen molar-refractivity contribution in [3.05, 3.63) is 35.4 Å². The Morgan fingerprint density at radius 2 is 2.15 bits per heavy atom. The normalized spacial score (nSPS) is 18.7. The number of carbonyl (C=O) groups is 1. The van der Waals surface area contributed by atoms with Crippen LogP contribution in [0.15, 0.2) is 29.3 Å². The minimum atomic E-state index is -4.18. The molecule has 0 aromatic heterocycles. The van der Waals surface area contributed by atoms with E-state index in [1.54, 1.807) is 32.3 Å². The summed E-state index contributed by atoms with van der Waals surface area (Å²) in [5.74, 6) is 0.360. The molecule has 0 radical (unpaired) electrons. The predicted octanol–water partition coefficient (Wildman–Crippen LogP) is 1.35. The summed E-state index contributed by atoms with van der Waals surface area (Å²) in [4.78, 5) is 17.2. The Bertz CT molecular complexity index is 648. The molecular weight excluding hydrogens is 347 g/mol. The van der Waals surface area contributed by atoms with Crippen LogP contribution in [0.3, 0.4) is 0 Å². The highest BCUT2D eigenvalue weighted by Gasteiger charge is 2.34. The van der Waals surface area contributed by atoms with Crippen LogP contribution in [0.25, 0.3) is 0 Å². The molecule has 2 rings (SSSR count). The molecule has 1 aromatic carbocycles. The second-order valence-corrected chi connectivity index (χ2v) is 6.19. The van der Waals surface area contributed by atoms with E-state index in [-0.39, 0.29) is 11.9 Å². The zero-order valence-electron chi connectivity index (χ0n) is 14.9. The molecular formula is C17H24F3N5O. The maximum Gasteiger partial charge on any atom is 0.401 e. The van der Waals surface area contributed by atoms with Crippen LogP contribution in [0, 0.1) is 0 Å². The molecule has 1 aromatic rings. The topological polar surface area (TPSA) is 68.8 Å². The van der Waals surface area contributed by atoms with Crippen molar-refractivity contribution in [1.29, 1.82) is 0 Å². The molecule has 1 fully saturated rings. The number of likely N-dealkylation sites (tertiary alicyclic amines) is 1. The number of amides is 1. The molecule has 6 nitrogen and oxygen atoms in total. The molecule has 1 heterocycles. The number of guanidine groups is 1. The molecule has 0 saturated carbocycles. The second kappa shape index (κ2) is 8.88. The lowest BCUT2D eigenvalue weighted by Crippen LogP contribution is -2.44. The highest BCUT2D eigenvalue weighted by molar-refractivity contribution is 5.94. The van der Waals surface area contributed by atoms with Crippen LogP contribution in [0.5, 0.6) is 0 Å². The largest absolute Gasteiger partial charge is 0.401 e. The fourth-order valence-electron chi connectivity index (χ4n) is 2.89. The van der Waals surface area contributed by atoms with Crippen molar-refractivity contribution in [3.8, 4) is 0 Å². The highest BCUT2D eigenvalue weighted by Crippen LogP contribution is 2.19. The van der Waals surface area contributed by atoms with E-state index < -0.39 is 12.7 Å². The van der Waals surface area contributed by atoms with Crippen molar-refractivity contribution in [3.63, 3.8) is 0 Å². The molecule has 144 valence electrons. The maximum atomic E-state index is 12.5. The van der Waals surface area contributed by atoms with Gasteiger partial charge in [0.1, 0.15) is 0 Å². The van der Waals surface area contributed by atoms with Gasteiger partial charge in [-0.1, -0.05) is 12.1 Å². The summed E-state index contributed by atoms with van der Waals surface area (Å²) in [5.41, 5.74) is 1.47. The molecule has 26 heavy (non-hydrogen) atoms. The zero-order chi connectivity index (χ0) is 19.2. The molecule has 1 saturated heterocycles. The van der Waals surface area contributed by atoms with Gasteiger partial charge < -0.3 is 16.0 Å². The molecule has 1 atom stereocenters. The van der Waals surface area contributed by atoms with Gasteiger partial charge in [-0.2, -0.15) is 13.2 Å². The van der Waals surface area contributed by atoms with Gasteiger partial charge in [-0.3, -0.25) is 14.7 Å². The summed E-state index contributed by atoms with van der Waals surface area (Å²) in [7, 11) is 3.18. The van der Waals surface area contributed by atoms with Gasteiger partial charge in [0.15, 0.2) is 5.96 Å². The quantitative estimate of drug-likeness (QED) is 0.540. The minimum absolute atomic E-state index is 0.0826. The molecule has 9 heteroatoms. The molecule has 3 N–H and O–H groups in total. The Hall–Kier alpha value is -2.29. The molecule has 0 aliphatic carbocycles. The first-order valence-electron chi connectivity index (χ1n) is 8.38. The second-order valence-electron chi connectivity index (χ2n) is 6.19. The van der Waals surface area contributed by atoms with Crippen LogP contribution < -0.4 is 16.0 Å². The third kappa shape index (κ3) is 6.21. The lowest BCUT2D eigenvalue weighted by Gasteiger charge is -2.20. The van der Waals surface area contributed by atoms with Gasteiger partial charge in [0.2, 0.25) is 0 Å². The van der Waals surface area contributed by atoms with Crippen LogP contribution in [-0.2, 0) is 6.54 Å². The van der Waals surface area contributed by atoms with Gasteiger partial charge in [-0.15, -0.1) is 0 Å². The number of nitrogens with one attached hydrogen (secondary N) is 3. The molecule has 0 spiro atoms. The molecule has 1 unspecified atom stereocenters. The number of aliphatic imine (C=N–C) groups is 1. The number of hydrogen-bond acceptors (Lipinski definition) is 3. The van der Waals surface area contributed by atoms with Crippen molar-refractivity contribution in [2.24, 2.45) is 4.99 Å². The van der Waals surface area contributed by atoms with E-state index in [9.17, 15) is 18.0 Å². The SMILES string of the molecule is CN=C(NCc1cccc(C(=O)NC)c1)NC1CCN(CC(F)(F)F)C1. The monoisotopic (exact) mass is 371 g/mol. The van der Waals surface area contributed by atoms with E-state index in [1.807, 2.05) is 6.07 Å². The van der Waals surface area contributed by atoms with E-state index in [1.165, 1.54) is 4.90 Å². The third-order valence-electron chi connectivity index (χ3n) is 4.12. The highest BCUT2D eigenvalue weighted by atomic mass is 19.4. The van der Waals surface area contributed by atoms with Gasteiger partial charge in [0.25, 0.3) is 5.91 Å². The first-order chi connectivity index (χ1) is 12.3. The number of nitrogens with zero attached hydrogens (tertiary/aromatic N) is 2. The average molecular weight is 371 g/mol. The van der Waals surface area contributed by atoms with Crippen LogP contribution in [0.2, 0.25) is 0 Å². The number of benzene rings is 1. The van der Waals surface area contributed by atoms with Crippen molar-refractivity contribution >= 4 is 11.9 Å². The fourth-order valence-corrected chi connectivity index (χ4v) is 2.89. The van der Waals surface area contributed by atoms with E-state index >= 15 is 0 Å². The Kier molecular flexibility index (Phi) is 6.84. The van der Waals surface area contributed by atoms with E-state index in [4.69, 9.17) is 0 Å². The predicted molar refractivity (Wildman–Crippen MR) is 94.1 cm³/mol. The summed E-state index contributed by atoms with van der Waals surface area (Å²) < 4.78 is 37.4. The summed E-state index contributed by atoms with van der Waals surface area (Å²) in [6, 6.07) is 7.10. The fraction of sp³-hybridized carbons (Fsp3) is 0.529. The van der Waals surface area contributed by atoms with Gasteiger partial charge in [0, 0.05) is 45.3 Å². The minimum Gasteiger partial charge on any atom is -0.355 e. The number of alkyl halides is 3. The van der Waals surface area contributed by atoms with Crippen molar-refractivity contribution in [1.82, 2.24) is 20.9 Å². The van der Waals surface area contributed by atoms with Crippen LogP contribution in [-0.4, -0.2) is 62.7 Å². The van der Waals surface area contributed by atoms with Gasteiger partial charge >= 0.3 is 6.18 Å². The summed E-state index contributed by atoms with van der Waals surface area (Å²) in [6.07, 6.45) is -3.55. The Morgan fingerprint density at radius 3 is 2.81 bits per heavy atom. The lowest BCUT2D eigenvalue weighted by atomic mass is 10.1. The van der Waals surface area contributed by atoms with Crippen LogP contribution in [0.4, 0.5) is 13.2 Å². The van der Waals surface area contributed by atoms with E-state index in [0.29, 0.717) is 37.6 Å². The summed E-state index contributed by atoms with van der Waals surface area (Å²) in [6.45, 7) is 0.293. The van der Waals surface area contributed by atoms with Gasteiger partial charge in [0.05, 0.1) is 6.54 Å². The molecule has 1 aliphatic rings. The summed E-state index contributed by atoms with van der Waals surface area (Å²) >= 11 is 0. The third-order valence-corrected chi connectivity index (χ3v) is 4.12. The van der Waals surface area contributed by atoms with Gasteiger partial charge in [-0.25, -0.2) is 0 Å². The zero-order valence-corrected chi connectivity index (χ0v) is 14.9. The van der Waals surface area contributed by atoms with Crippen molar-refractivity contribution in [2.75, 3.05) is 33.7 Å². The standard InChI is InChI=1S/C17H24F3N5O/c1-21-15(26)13-5-3-4-12(8-13)9-23-16(22-2)24-14-6-7-25(10-14)11-17(18,19)20/h3-5,8,14H,6-7,9-11H2,1-2H3,(H,21,26)(H2,22,23,24). The van der Waals surface area contributed by atoms with E-state index in [2.05, 4.69) is 20.9 Å². The Morgan fingerprint density at radius 1 is 1.38 bits per heavy atom. The smallest absolute Gasteiger partial charge is 0.355 e. The Labute approximate surface area is 150 Å². The van der Waals surface area contributed by atoms with Gasteiger partial charge in [-0.05, 0) is 24.1 Å². The van der Waals surface area contributed by atoms with Crippen LogP contribution >= 0.6 is 0 Å². The number of rotatable bonds is 5. The summed E-state index contributed by atoms with van der Waals surface area (Å²) in [5, 5.41) is 8.85. The molecule has 1 aliphatic heterocycles. The lowest BCUT2D eigenvalue weighted by molar-refractivity contribution is -0.143. The number of hydrogen-bond donors (Lipinski definition) is 3. The average Bonchev–Trinajstić information content (AvgIpc) is 3.03. The number of halogens is 3. The Balaban J connectivity index is 1.84. The van der Waals surface area contributed by atoms with E-state index in [0.717, 1.165) is 5.56 Å². The van der Waals surface area contributed by atoms with Crippen molar-refractivity contribution in [2.45, 2.75) is 25.2 Å². The maximum absolute atomic E-state index is 12.5. The molecule has 1 amide bonds. The first kappa shape index (κ1) is 20.0. The molecule has 0 bridgehead atoms. The van der Waals surface area contributed by atoms with Crippen molar-refractivity contribution < 1.29 is 18.0 Å². The first-order valence-corrected chi connectivity index (χ1v) is 8.38. The van der Waals surface area contributed by atoms with Crippen LogP contribution in [0.1, 0.15) is 22.3 Å². The number of carbonyl (C=O) groups excluding carboxylic acids is 1.